The van der Waals surface area contributed by atoms with Crippen molar-refractivity contribution in [2.45, 2.75) is 18.9 Å². The number of carbonyl (C=O) groups excluding carboxylic acids is 1. The van der Waals surface area contributed by atoms with Crippen LogP contribution in [0.3, 0.4) is 0 Å². The van der Waals surface area contributed by atoms with Crippen LogP contribution in [0.2, 0.25) is 0 Å². The summed E-state index contributed by atoms with van der Waals surface area (Å²) < 4.78 is 0. The second-order valence-electron chi connectivity index (χ2n) is 2.53. The lowest BCUT2D eigenvalue weighted by molar-refractivity contribution is 0.253. The summed E-state index contributed by atoms with van der Waals surface area (Å²) in [5.41, 5.74) is 0. The van der Waals surface area contributed by atoms with Gasteiger partial charge in [0, 0.05) is 6.04 Å². The molecule has 3 nitrogen and oxygen atoms in total. The van der Waals surface area contributed by atoms with Gasteiger partial charge in [0.05, 0.1) is 0 Å². The molecular weight excluding hydrogens is 127 g/mol. The third-order valence-electron chi connectivity index (χ3n) is 1.69. The summed E-state index contributed by atoms with van der Waals surface area (Å²) in [5.74, 6) is -0.410. The Morgan fingerprint density at radius 1 is 1.50 bits per heavy atom. The molecule has 1 fully saturated rings. The molecule has 2 radical (unpaired) electrons. The standard InChI is InChI=1S/C6H11BN2O/c7-6(10)9-5-1-3-8-4-2-5/h5,8H,1-4H2,(H,9,10). The van der Waals surface area contributed by atoms with Gasteiger partial charge in [-0.25, -0.2) is 0 Å². The average molecular weight is 138 g/mol. The Balaban J connectivity index is 2.19. The molecule has 2 N–H and O–H groups in total. The molecule has 0 aliphatic carbocycles. The van der Waals surface area contributed by atoms with Crippen molar-refractivity contribution in [1.29, 1.82) is 0 Å². The molecular formula is C6H11BN2O. The van der Waals surface area contributed by atoms with Crippen LogP contribution in [0.25, 0.3) is 0 Å². The first-order valence-electron chi connectivity index (χ1n) is 3.56. The zero-order chi connectivity index (χ0) is 7.40. The number of rotatable bonds is 1. The molecule has 0 aromatic rings. The molecule has 0 spiro atoms. The van der Waals surface area contributed by atoms with Crippen LogP contribution in [-0.2, 0) is 0 Å². The molecule has 4 heteroatoms. The molecule has 0 aromatic carbocycles. The summed E-state index contributed by atoms with van der Waals surface area (Å²) in [4.78, 5) is 10.4. The van der Waals surface area contributed by atoms with Gasteiger partial charge in [-0.3, -0.25) is 4.79 Å². The Morgan fingerprint density at radius 2 is 2.10 bits per heavy atom. The van der Waals surface area contributed by atoms with E-state index in [1.807, 2.05) is 0 Å². The normalized spacial score (nSPS) is 20.4. The molecule has 1 rings (SSSR count). The van der Waals surface area contributed by atoms with Crippen molar-refractivity contribution in [2.75, 3.05) is 13.1 Å². The molecule has 1 aliphatic rings. The Morgan fingerprint density at radius 3 is 2.60 bits per heavy atom. The summed E-state index contributed by atoms with van der Waals surface area (Å²) >= 11 is 0. The molecule has 0 aromatic heterocycles. The molecule has 0 atom stereocenters. The van der Waals surface area contributed by atoms with Gasteiger partial charge in [-0.05, 0) is 25.9 Å². The number of hydrogen-bond donors (Lipinski definition) is 2. The number of amides is 1. The van der Waals surface area contributed by atoms with E-state index in [4.69, 9.17) is 7.85 Å². The number of carbonyl (C=O) groups is 1. The third kappa shape index (κ3) is 2.39. The largest absolute Gasteiger partial charge is 0.363 e. The molecule has 10 heavy (non-hydrogen) atoms. The fraction of sp³-hybridized carbons (Fsp3) is 0.833. The van der Waals surface area contributed by atoms with Crippen molar-refractivity contribution in [3.8, 4) is 0 Å². The summed E-state index contributed by atoms with van der Waals surface area (Å²) in [6, 6.07) is 0.291. The van der Waals surface area contributed by atoms with Crippen LogP contribution < -0.4 is 10.6 Å². The van der Waals surface area contributed by atoms with Crippen molar-refractivity contribution in [3.05, 3.63) is 0 Å². The van der Waals surface area contributed by atoms with E-state index in [9.17, 15) is 4.79 Å². The van der Waals surface area contributed by atoms with Crippen molar-refractivity contribution in [3.63, 3.8) is 0 Å². The van der Waals surface area contributed by atoms with E-state index in [2.05, 4.69) is 10.6 Å². The number of nitrogens with one attached hydrogen (secondary N) is 2. The van der Waals surface area contributed by atoms with Crippen molar-refractivity contribution < 1.29 is 4.79 Å². The fourth-order valence-electron chi connectivity index (χ4n) is 1.17. The van der Waals surface area contributed by atoms with E-state index in [1.54, 1.807) is 0 Å². The van der Waals surface area contributed by atoms with E-state index in [0.717, 1.165) is 25.9 Å². The highest BCUT2D eigenvalue weighted by atomic mass is 16.1. The molecule has 1 heterocycles. The minimum Gasteiger partial charge on any atom is -0.363 e. The lowest BCUT2D eigenvalue weighted by Crippen LogP contribution is -2.42. The predicted molar refractivity (Wildman–Crippen MR) is 40.2 cm³/mol. The van der Waals surface area contributed by atoms with Crippen molar-refractivity contribution in [2.24, 2.45) is 0 Å². The van der Waals surface area contributed by atoms with Crippen molar-refractivity contribution >= 4 is 13.7 Å². The van der Waals surface area contributed by atoms with Gasteiger partial charge in [-0.2, -0.15) is 0 Å². The highest BCUT2D eigenvalue weighted by molar-refractivity contribution is 6.57. The zero-order valence-electron chi connectivity index (χ0n) is 5.89. The van der Waals surface area contributed by atoms with Gasteiger partial charge >= 0.3 is 0 Å². The fourth-order valence-corrected chi connectivity index (χ4v) is 1.17. The number of piperidine rings is 1. The van der Waals surface area contributed by atoms with Crippen LogP contribution >= 0.6 is 0 Å². The van der Waals surface area contributed by atoms with Crippen LogP contribution in [0.1, 0.15) is 12.8 Å². The maximum Gasteiger partial charge on any atom is 0.200 e. The molecule has 54 valence electrons. The summed E-state index contributed by atoms with van der Waals surface area (Å²) in [7, 11) is 4.95. The maximum atomic E-state index is 10.4. The van der Waals surface area contributed by atoms with Crippen LogP contribution in [0.5, 0.6) is 0 Å². The number of hydrogen-bond acceptors (Lipinski definition) is 2. The van der Waals surface area contributed by atoms with Crippen molar-refractivity contribution in [1.82, 2.24) is 10.6 Å². The minimum atomic E-state index is -0.410. The monoisotopic (exact) mass is 138 g/mol. The van der Waals surface area contributed by atoms with Gasteiger partial charge in [0.1, 0.15) is 0 Å². The Hall–Kier alpha value is -0.505. The lowest BCUT2D eigenvalue weighted by atomic mass is 10.0. The van der Waals surface area contributed by atoms with Crippen LogP contribution in [0, 0.1) is 0 Å². The smallest absolute Gasteiger partial charge is 0.200 e. The first kappa shape index (κ1) is 7.60. The second kappa shape index (κ2) is 3.61. The molecule has 1 amide bonds. The lowest BCUT2D eigenvalue weighted by Gasteiger charge is -2.23. The summed E-state index contributed by atoms with van der Waals surface area (Å²) in [6.07, 6.45) is 1.98. The van der Waals surface area contributed by atoms with Gasteiger partial charge < -0.3 is 10.6 Å². The van der Waals surface area contributed by atoms with Crippen LogP contribution in [0.15, 0.2) is 0 Å². The maximum absolute atomic E-state index is 10.4. The SMILES string of the molecule is [B]C(=O)NC1CCNCC1. The molecule has 0 bridgehead atoms. The van der Waals surface area contributed by atoms with Gasteiger partial charge in [0.25, 0.3) is 0 Å². The highest BCUT2D eigenvalue weighted by Crippen LogP contribution is 2.00. The van der Waals surface area contributed by atoms with E-state index in [0.29, 0.717) is 6.04 Å². The third-order valence-corrected chi connectivity index (χ3v) is 1.69. The topological polar surface area (TPSA) is 41.1 Å². The van der Waals surface area contributed by atoms with E-state index in [-0.39, 0.29) is 0 Å². The summed E-state index contributed by atoms with van der Waals surface area (Å²) in [5, 5.41) is 5.88. The van der Waals surface area contributed by atoms with Gasteiger partial charge in [0.15, 0.2) is 5.81 Å². The van der Waals surface area contributed by atoms with Crippen LogP contribution in [0.4, 0.5) is 4.79 Å². The molecule has 0 saturated carbocycles. The molecule has 0 unspecified atom stereocenters. The predicted octanol–water partition coefficient (Wildman–Crippen LogP) is -0.383. The minimum absolute atomic E-state index is 0.291. The zero-order valence-corrected chi connectivity index (χ0v) is 5.89. The quantitative estimate of drug-likeness (QED) is 0.484. The molecule has 1 aliphatic heterocycles. The first-order valence-corrected chi connectivity index (χ1v) is 3.56. The highest BCUT2D eigenvalue weighted by Gasteiger charge is 2.12. The average Bonchev–Trinajstić information content (AvgIpc) is 1.88. The van der Waals surface area contributed by atoms with Gasteiger partial charge in [-0.15, -0.1) is 0 Å². The Bertz CT molecular complexity index is 123. The van der Waals surface area contributed by atoms with Gasteiger partial charge in [0.2, 0.25) is 7.85 Å². The van der Waals surface area contributed by atoms with E-state index in [1.165, 1.54) is 0 Å². The van der Waals surface area contributed by atoms with Crippen LogP contribution in [-0.4, -0.2) is 32.8 Å². The Labute approximate surface area is 62.0 Å². The first-order chi connectivity index (χ1) is 4.79. The van der Waals surface area contributed by atoms with E-state index < -0.39 is 5.81 Å². The summed E-state index contributed by atoms with van der Waals surface area (Å²) in [6.45, 7) is 1.95. The van der Waals surface area contributed by atoms with Gasteiger partial charge in [-0.1, -0.05) is 0 Å². The molecule has 1 saturated heterocycles. The second-order valence-corrected chi connectivity index (χ2v) is 2.53. The van der Waals surface area contributed by atoms with E-state index >= 15 is 0 Å². The Kier molecular flexibility index (Phi) is 2.74.